The summed E-state index contributed by atoms with van der Waals surface area (Å²) in [6, 6.07) is 5.49. The van der Waals surface area contributed by atoms with Crippen molar-refractivity contribution in [3.05, 3.63) is 50.7 Å². The molecular weight excluding hydrogens is 467 g/mol. The second-order valence-corrected chi connectivity index (χ2v) is 8.06. The number of hydrogen-bond acceptors (Lipinski definition) is 6. The smallest absolute Gasteiger partial charge is 0.405 e. The van der Waals surface area contributed by atoms with Crippen LogP contribution in [0.3, 0.4) is 0 Å². The highest BCUT2D eigenvalue weighted by Gasteiger charge is 2.32. The number of nitrogens with one attached hydrogen (secondary N) is 2. The Morgan fingerprint density at radius 2 is 1.83 bits per heavy atom. The molecule has 0 radical (unpaired) electrons. The van der Waals surface area contributed by atoms with Crippen molar-refractivity contribution in [2.45, 2.75) is 65.4 Å². The zero-order chi connectivity index (χ0) is 26.0. The first kappa shape index (κ1) is 27.8. The Hall–Kier alpha value is -3.44. The van der Waals surface area contributed by atoms with Gasteiger partial charge in [-0.1, -0.05) is 51.3 Å². The molecule has 35 heavy (non-hydrogen) atoms. The van der Waals surface area contributed by atoms with Crippen LogP contribution in [0.1, 0.15) is 51.5 Å². The van der Waals surface area contributed by atoms with Gasteiger partial charge in [0, 0.05) is 25.2 Å². The zero-order valence-electron chi connectivity index (χ0n) is 19.9. The van der Waals surface area contributed by atoms with Crippen molar-refractivity contribution in [1.82, 2.24) is 14.9 Å². The van der Waals surface area contributed by atoms with Crippen LogP contribution in [-0.2, 0) is 17.9 Å². The highest BCUT2D eigenvalue weighted by molar-refractivity contribution is 5.82. The molecule has 1 aromatic heterocycles. The highest BCUT2D eigenvalue weighted by atomic mass is 19.4. The molecule has 4 N–H and O–H groups in total. The second kappa shape index (κ2) is 12.9. The first-order valence-corrected chi connectivity index (χ1v) is 11.5. The topological polar surface area (TPSA) is 122 Å². The van der Waals surface area contributed by atoms with E-state index in [1.54, 1.807) is 0 Å². The van der Waals surface area contributed by atoms with E-state index in [-0.39, 0.29) is 30.2 Å². The molecule has 194 valence electrons. The Bertz CT molecular complexity index is 1100. The molecule has 12 heteroatoms. The van der Waals surface area contributed by atoms with Gasteiger partial charge in [0.25, 0.3) is 5.56 Å². The monoisotopic (exact) mass is 499 g/mol. The molecule has 0 aliphatic carbocycles. The number of amides is 1. The molecule has 0 bridgehead atoms. The first-order valence-electron chi connectivity index (χ1n) is 11.5. The molecule has 0 fully saturated rings. The normalized spacial score (nSPS) is 11.3. The quantitative estimate of drug-likeness (QED) is 0.364. The first-order chi connectivity index (χ1) is 16.6. The number of nitrogens with zero attached hydrogens (tertiary/aromatic N) is 2. The number of anilines is 2. The third kappa shape index (κ3) is 8.37. The van der Waals surface area contributed by atoms with Gasteiger partial charge in [0.2, 0.25) is 5.91 Å². The lowest BCUT2D eigenvalue weighted by molar-refractivity contribution is -0.274. The van der Waals surface area contributed by atoms with Gasteiger partial charge >= 0.3 is 12.1 Å². The molecule has 1 amide bonds. The van der Waals surface area contributed by atoms with E-state index in [0.717, 1.165) is 25.3 Å². The van der Waals surface area contributed by atoms with Crippen LogP contribution in [0.15, 0.2) is 33.9 Å². The second-order valence-electron chi connectivity index (χ2n) is 8.06. The molecule has 1 aromatic carbocycles. The molecular formula is C23H32F3N5O4. The van der Waals surface area contributed by atoms with Crippen LogP contribution in [0.4, 0.5) is 24.7 Å². The van der Waals surface area contributed by atoms with E-state index in [1.165, 1.54) is 27.7 Å². The Labute approximate surface area is 201 Å². The van der Waals surface area contributed by atoms with Gasteiger partial charge in [-0.15, -0.1) is 13.2 Å². The average molecular weight is 500 g/mol. The lowest BCUT2D eigenvalue weighted by Crippen LogP contribution is -2.43. The Morgan fingerprint density at radius 3 is 2.49 bits per heavy atom. The van der Waals surface area contributed by atoms with E-state index in [4.69, 9.17) is 5.73 Å². The van der Waals surface area contributed by atoms with Crippen LogP contribution in [0.5, 0.6) is 5.75 Å². The van der Waals surface area contributed by atoms with Crippen LogP contribution in [0.25, 0.3) is 0 Å². The number of aromatic amines is 1. The number of ether oxygens (including phenoxy) is 1. The number of carbonyl (C=O) groups is 1. The molecule has 0 unspecified atom stereocenters. The van der Waals surface area contributed by atoms with E-state index in [0.29, 0.717) is 25.9 Å². The van der Waals surface area contributed by atoms with E-state index in [1.807, 2.05) is 13.8 Å². The van der Waals surface area contributed by atoms with Crippen molar-refractivity contribution in [2.75, 3.05) is 23.7 Å². The largest absolute Gasteiger partial charge is 0.573 e. The molecule has 0 aliphatic rings. The van der Waals surface area contributed by atoms with Gasteiger partial charge in [-0.05, 0) is 18.9 Å². The number of para-hydroxylation sites is 1. The van der Waals surface area contributed by atoms with Gasteiger partial charge in [-0.3, -0.25) is 19.1 Å². The van der Waals surface area contributed by atoms with E-state index < -0.39 is 29.3 Å². The molecule has 0 aliphatic heterocycles. The summed E-state index contributed by atoms with van der Waals surface area (Å²) in [4.78, 5) is 41.4. The summed E-state index contributed by atoms with van der Waals surface area (Å²) in [6.07, 6.45) is -0.978. The maximum absolute atomic E-state index is 12.7. The standard InChI is InChI=1S/C23H32F3N5O4/c1-3-5-9-12-30(19-20(27)31(13-6-4-2)22(34)29-21(19)33)15-18(32)28-14-16-10-7-8-11-17(16)35-23(24,25)26/h7-8,10-11H,3-6,9,12-15,27H2,1-2H3,(H,28,32)(H,29,33,34). The number of unbranched alkanes of at least 4 members (excludes halogenated alkanes) is 3. The van der Waals surface area contributed by atoms with Crippen molar-refractivity contribution in [2.24, 2.45) is 0 Å². The Balaban J connectivity index is 2.24. The highest BCUT2D eigenvalue weighted by Crippen LogP contribution is 2.26. The Morgan fingerprint density at radius 1 is 1.14 bits per heavy atom. The summed E-state index contributed by atoms with van der Waals surface area (Å²) in [7, 11) is 0. The average Bonchev–Trinajstić information content (AvgIpc) is 2.77. The number of nitrogens with two attached hydrogens (primary N) is 1. The molecule has 0 spiro atoms. The van der Waals surface area contributed by atoms with Crippen LogP contribution < -0.4 is 31.9 Å². The van der Waals surface area contributed by atoms with Gasteiger partial charge < -0.3 is 20.7 Å². The molecule has 0 saturated heterocycles. The van der Waals surface area contributed by atoms with Gasteiger partial charge in [0.05, 0.1) is 6.54 Å². The van der Waals surface area contributed by atoms with Crippen molar-refractivity contribution in [3.8, 4) is 5.75 Å². The fraction of sp³-hybridized carbons (Fsp3) is 0.522. The summed E-state index contributed by atoms with van der Waals surface area (Å²) in [5.74, 6) is -0.974. The minimum atomic E-state index is -4.87. The number of hydrogen-bond donors (Lipinski definition) is 3. The maximum Gasteiger partial charge on any atom is 0.573 e. The van der Waals surface area contributed by atoms with Crippen molar-refractivity contribution in [1.29, 1.82) is 0 Å². The summed E-state index contributed by atoms with van der Waals surface area (Å²) in [6.45, 7) is 4.11. The zero-order valence-corrected chi connectivity index (χ0v) is 19.9. The van der Waals surface area contributed by atoms with Crippen molar-refractivity contribution in [3.63, 3.8) is 0 Å². The minimum Gasteiger partial charge on any atom is -0.405 e. The van der Waals surface area contributed by atoms with Gasteiger partial charge in [-0.2, -0.15) is 0 Å². The number of benzene rings is 1. The number of aromatic nitrogens is 2. The number of halogens is 3. The maximum atomic E-state index is 12.7. The van der Waals surface area contributed by atoms with Crippen LogP contribution in [-0.4, -0.2) is 34.9 Å². The van der Waals surface area contributed by atoms with Crippen LogP contribution >= 0.6 is 0 Å². The molecule has 0 atom stereocenters. The SMILES string of the molecule is CCCCCN(CC(=O)NCc1ccccc1OC(F)(F)F)c1c(N)n(CCCC)c(=O)[nH]c1=O. The third-order valence-corrected chi connectivity index (χ3v) is 5.31. The fourth-order valence-corrected chi connectivity index (χ4v) is 3.54. The number of carbonyl (C=O) groups excluding carboxylic acids is 1. The molecule has 1 heterocycles. The van der Waals surface area contributed by atoms with E-state index in [2.05, 4.69) is 15.0 Å². The third-order valence-electron chi connectivity index (χ3n) is 5.31. The number of nitrogen functional groups attached to an aromatic ring is 1. The molecule has 2 aromatic rings. The van der Waals surface area contributed by atoms with Gasteiger partial charge in [-0.25, -0.2) is 4.79 Å². The van der Waals surface area contributed by atoms with Crippen molar-refractivity contribution >= 4 is 17.4 Å². The van der Waals surface area contributed by atoms with Crippen LogP contribution in [0, 0.1) is 0 Å². The summed E-state index contributed by atoms with van der Waals surface area (Å²) < 4.78 is 43.3. The van der Waals surface area contributed by atoms with Crippen LogP contribution in [0.2, 0.25) is 0 Å². The predicted octanol–water partition coefficient (Wildman–Crippen LogP) is 3.13. The molecule has 9 nitrogen and oxygen atoms in total. The summed E-state index contributed by atoms with van der Waals surface area (Å²) in [5.41, 5.74) is 5.04. The Kier molecular flexibility index (Phi) is 10.2. The summed E-state index contributed by atoms with van der Waals surface area (Å²) >= 11 is 0. The molecule has 0 saturated carbocycles. The van der Waals surface area contributed by atoms with E-state index >= 15 is 0 Å². The summed E-state index contributed by atoms with van der Waals surface area (Å²) in [5, 5.41) is 2.57. The minimum absolute atomic E-state index is 0.0211. The van der Waals surface area contributed by atoms with Gasteiger partial charge in [0.1, 0.15) is 17.3 Å². The number of rotatable bonds is 13. The number of alkyl halides is 3. The predicted molar refractivity (Wildman–Crippen MR) is 127 cm³/mol. The fourth-order valence-electron chi connectivity index (χ4n) is 3.54. The van der Waals surface area contributed by atoms with Gasteiger partial charge in [0.15, 0.2) is 0 Å². The number of H-pyrrole nitrogens is 1. The lowest BCUT2D eigenvalue weighted by Gasteiger charge is -2.26. The lowest BCUT2D eigenvalue weighted by atomic mass is 10.2. The van der Waals surface area contributed by atoms with Crippen molar-refractivity contribution < 1.29 is 22.7 Å². The van der Waals surface area contributed by atoms with E-state index in [9.17, 15) is 27.6 Å². The molecule has 2 rings (SSSR count).